The Hall–Kier alpha value is -2.42. The molecule has 2 N–H and O–H groups in total. The molecule has 0 aliphatic heterocycles. The van der Waals surface area contributed by atoms with Gasteiger partial charge in [0.05, 0.1) is 0 Å². The molecule has 0 saturated heterocycles. The van der Waals surface area contributed by atoms with Crippen molar-refractivity contribution in [3.8, 4) is 0 Å². The van der Waals surface area contributed by atoms with Gasteiger partial charge in [0.1, 0.15) is 12.4 Å². The number of pyridine rings is 1. The molecular weight excluding hydrogens is 463 g/mol. The third-order valence-corrected chi connectivity index (χ3v) is 4.12. The van der Waals surface area contributed by atoms with Crippen molar-refractivity contribution in [3.63, 3.8) is 0 Å². The molecule has 6 nitrogen and oxygen atoms in total. The number of hydrogen-bond acceptors (Lipinski definition) is 3. The van der Waals surface area contributed by atoms with Gasteiger partial charge in [-0.2, -0.15) is 0 Å². The number of guanidine groups is 1. The molecule has 7 heteroatoms. The minimum atomic E-state index is 0. The van der Waals surface area contributed by atoms with Crippen LogP contribution < -0.4 is 10.6 Å². The van der Waals surface area contributed by atoms with Crippen LogP contribution in [0, 0.1) is 0 Å². The van der Waals surface area contributed by atoms with Crippen LogP contribution in [0.1, 0.15) is 24.0 Å². The van der Waals surface area contributed by atoms with E-state index in [0.717, 1.165) is 43.5 Å². The average molecular weight is 490 g/mol. The SMILES string of the molecule is CCNC(=NCc1nccn1Cc1ccccc1)NCCc1ccccn1.I. The maximum Gasteiger partial charge on any atom is 0.191 e. The molecule has 0 amide bonds. The van der Waals surface area contributed by atoms with Gasteiger partial charge in [0.25, 0.3) is 0 Å². The molecule has 0 aliphatic carbocycles. The fraction of sp³-hybridized carbons (Fsp3) is 0.286. The summed E-state index contributed by atoms with van der Waals surface area (Å²) in [7, 11) is 0. The Morgan fingerprint density at radius 1 is 1.00 bits per heavy atom. The Balaban J connectivity index is 0.00000280. The Labute approximate surface area is 183 Å². The van der Waals surface area contributed by atoms with Crippen LogP contribution in [0.3, 0.4) is 0 Å². The average Bonchev–Trinajstić information content (AvgIpc) is 3.14. The number of hydrogen-bond donors (Lipinski definition) is 2. The number of imidazole rings is 1. The lowest BCUT2D eigenvalue weighted by molar-refractivity contribution is 0.715. The normalized spacial score (nSPS) is 11.0. The van der Waals surface area contributed by atoms with Crippen LogP contribution in [-0.2, 0) is 19.5 Å². The number of aliphatic imine (C=N–C) groups is 1. The zero-order valence-corrected chi connectivity index (χ0v) is 18.4. The highest BCUT2D eigenvalue weighted by atomic mass is 127. The maximum atomic E-state index is 4.68. The van der Waals surface area contributed by atoms with Gasteiger partial charge in [-0.1, -0.05) is 36.4 Å². The van der Waals surface area contributed by atoms with Gasteiger partial charge in [0, 0.05) is 50.3 Å². The van der Waals surface area contributed by atoms with Crippen LogP contribution in [0.2, 0.25) is 0 Å². The molecule has 0 radical (unpaired) electrons. The molecule has 3 rings (SSSR count). The lowest BCUT2D eigenvalue weighted by Gasteiger charge is -2.11. The predicted octanol–water partition coefficient (Wildman–Crippen LogP) is 3.24. The number of aromatic nitrogens is 3. The first-order valence-electron chi connectivity index (χ1n) is 9.31. The summed E-state index contributed by atoms with van der Waals surface area (Å²) in [5, 5.41) is 6.64. The lowest BCUT2D eigenvalue weighted by Crippen LogP contribution is -2.38. The van der Waals surface area contributed by atoms with E-state index in [1.165, 1.54) is 5.56 Å². The van der Waals surface area contributed by atoms with E-state index in [-0.39, 0.29) is 24.0 Å². The lowest BCUT2D eigenvalue weighted by atomic mass is 10.2. The number of benzene rings is 1. The highest BCUT2D eigenvalue weighted by Gasteiger charge is 2.04. The van der Waals surface area contributed by atoms with Gasteiger partial charge >= 0.3 is 0 Å². The van der Waals surface area contributed by atoms with E-state index < -0.39 is 0 Å². The van der Waals surface area contributed by atoms with Gasteiger partial charge in [-0.3, -0.25) is 4.98 Å². The Bertz CT molecular complexity index is 832. The van der Waals surface area contributed by atoms with Crippen LogP contribution in [0.15, 0.2) is 72.1 Å². The van der Waals surface area contributed by atoms with Crippen molar-refractivity contribution in [1.82, 2.24) is 25.2 Å². The second-order valence-corrected chi connectivity index (χ2v) is 6.15. The number of nitrogens with zero attached hydrogens (tertiary/aromatic N) is 4. The van der Waals surface area contributed by atoms with Crippen LogP contribution in [0.4, 0.5) is 0 Å². The molecule has 1 aromatic carbocycles. The van der Waals surface area contributed by atoms with Crippen LogP contribution in [0.25, 0.3) is 0 Å². The molecule has 2 heterocycles. The summed E-state index contributed by atoms with van der Waals surface area (Å²) < 4.78 is 2.14. The van der Waals surface area contributed by atoms with Crippen molar-refractivity contribution < 1.29 is 0 Å². The largest absolute Gasteiger partial charge is 0.357 e. The molecule has 0 bridgehead atoms. The summed E-state index contributed by atoms with van der Waals surface area (Å²) >= 11 is 0. The van der Waals surface area contributed by atoms with Crippen LogP contribution in [0.5, 0.6) is 0 Å². The van der Waals surface area contributed by atoms with E-state index in [1.54, 1.807) is 0 Å². The molecule has 148 valence electrons. The van der Waals surface area contributed by atoms with E-state index in [2.05, 4.69) is 61.4 Å². The van der Waals surface area contributed by atoms with Gasteiger partial charge in [-0.05, 0) is 24.6 Å². The standard InChI is InChI=1S/C21H26N6.HI/c1-2-22-21(25-13-11-19-10-6-7-12-23-19)26-16-20-24-14-15-27(20)17-18-8-4-3-5-9-18;/h3-10,12,14-15H,2,11,13,16-17H2,1H3,(H2,22,25,26);1H. The first-order valence-corrected chi connectivity index (χ1v) is 9.31. The number of halogens is 1. The van der Waals surface area contributed by atoms with Gasteiger partial charge in [-0.25, -0.2) is 9.98 Å². The molecule has 0 unspecified atom stereocenters. The maximum absolute atomic E-state index is 4.68. The fourth-order valence-electron chi connectivity index (χ4n) is 2.76. The summed E-state index contributed by atoms with van der Waals surface area (Å²) in [5.41, 5.74) is 2.32. The first kappa shape index (κ1) is 21.9. The Kier molecular flexibility index (Phi) is 9.47. The van der Waals surface area contributed by atoms with E-state index in [4.69, 9.17) is 0 Å². The smallest absolute Gasteiger partial charge is 0.191 e. The quantitative estimate of drug-likeness (QED) is 0.289. The van der Waals surface area contributed by atoms with Gasteiger partial charge in [-0.15, -0.1) is 24.0 Å². The van der Waals surface area contributed by atoms with E-state index in [0.29, 0.717) is 6.54 Å². The van der Waals surface area contributed by atoms with Crippen molar-refractivity contribution in [3.05, 3.63) is 84.2 Å². The molecule has 0 aliphatic rings. The third kappa shape index (κ3) is 6.95. The number of nitrogens with one attached hydrogen (secondary N) is 2. The topological polar surface area (TPSA) is 67.1 Å². The van der Waals surface area contributed by atoms with Gasteiger partial charge < -0.3 is 15.2 Å². The molecule has 0 saturated carbocycles. The van der Waals surface area contributed by atoms with E-state index >= 15 is 0 Å². The molecule has 0 atom stereocenters. The molecule has 3 aromatic rings. The van der Waals surface area contributed by atoms with Crippen LogP contribution >= 0.6 is 24.0 Å². The molecule has 2 aromatic heterocycles. The summed E-state index contributed by atoms with van der Waals surface area (Å²) in [6.45, 7) is 4.98. The molecule has 0 spiro atoms. The predicted molar refractivity (Wildman–Crippen MR) is 124 cm³/mol. The fourth-order valence-corrected chi connectivity index (χ4v) is 2.76. The molecule has 0 fully saturated rings. The minimum absolute atomic E-state index is 0. The summed E-state index contributed by atoms with van der Waals surface area (Å²) in [6, 6.07) is 16.4. The van der Waals surface area contributed by atoms with Gasteiger partial charge in [0.15, 0.2) is 5.96 Å². The first-order chi connectivity index (χ1) is 13.3. The summed E-state index contributed by atoms with van der Waals surface area (Å²) in [4.78, 5) is 13.5. The zero-order valence-electron chi connectivity index (χ0n) is 16.1. The minimum Gasteiger partial charge on any atom is -0.357 e. The van der Waals surface area contributed by atoms with Crippen LogP contribution in [-0.4, -0.2) is 33.6 Å². The highest BCUT2D eigenvalue weighted by molar-refractivity contribution is 14.0. The molecular formula is C21H27IN6. The number of rotatable bonds is 8. The second-order valence-electron chi connectivity index (χ2n) is 6.15. The Morgan fingerprint density at radius 2 is 1.82 bits per heavy atom. The highest BCUT2D eigenvalue weighted by Crippen LogP contribution is 2.06. The molecule has 28 heavy (non-hydrogen) atoms. The summed E-state index contributed by atoms with van der Waals surface area (Å²) in [5.74, 6) is 1.74. The van der Waals surface area contributed by atoms with Crippen molar-refractivity contribution in [1.29, 1.82) is 0 Å². The monoisotopic (exact) mass is 490 g/mol. The van der Waals surface area contributed by atoms with Crippen molar-refractivity contribution in [2.75, 3.05) is 13.1 Å². The van der Waals surface area contributed by atoms with Crippen molar-refractivity contribution in [2.45, 2.75) is 26.4 Å². The van der Waals surface area contributed by atoms with Crippen molar-refractivity contribution in [2.24, 2.45) is 4.99 Å². The van der Waals surface area contributed by atoms with Gasteiger partial charge in [0.2, 0.25) is 0 Å². The Morgan fingerprint density at radius 3 is 2.57 bits per heavy atom. The zero-order chi connectivity index (χ0) is 18.7. The van der Waals surface area contributed by atoms with E-state index in [9.17, 15) is 0 Å². The van der Waals surface area contributed by atoms with E-state index in [1.807, 2.05) is 42.9 Å². The summed E-state index contributed by atoms with van der Waals surface area (Å²) in [6.07, 6.45) is 6.50. The second kappa shape index (κ2) is 12.1. The van der Waals surface area contributed by atoms with Crippen molar-refractivity contribution >= 4 is 29.9 Å². The third-order valence-electron chi connectivity index (χ3n) is 4.12.